The zero-order valence-corrected chi connectivity index (χ0v) is 13.3. The zero-order chi connectivity index (χ0) is 15.9. The van der Waals surface area contributed by atoms with E-state index >= 15 is 0 Å². The lowest BCUT2D eigenvalue weighted by molar-refractivity contribution is 0.139. The van der Waals surface area contributed by atoms with Crippen molar-refractivity contribution in [2.75, 3.05) is 6.61 Å². The molecule has 0 unspecified atom stereocenters. The summed E-state index contributed by atoms with van der Waals surface area (Å²) in [5.74, 6) is 0. The van der Waals surface area contributed by atoms with Crippen LogP contribution in [0, 0.1) is 6.92 Å². The molecule has 3 rings (SSSR count). The normalized spacial score (nSPS) is 14.1. The predicted octanol–water partition coefficient (Wildman–Crippen LogP) is 4.35. The van der Waals surface area contributed by atoms with Gasteiger partial charge in [0.15, 0.2) is 0 Å². The Labute approximate surface area is 137 Å². The highest BCUT2D eigenvalue weighted by molar-refractivity contribution is 6.01. The smallest absolute Gasteiger partial charge is 0.0893 e. The summed E-state index contributed by atoms with van der Waals surface area (Å²) >= 11 is 0. The minimum Gasteiger partial charge on any atom is -0.369 e. The Kier molecular flexibility index (Phi) is 5.12. The number of ether oxygens (including phenoxy) is 1. The number of hydrogen-bond acceptors (Lipinski definition) is 3. The summed E-state index contributed by atoms with van der Waals surface area (Å²) in [6, 6.07) is 14.3. The van der Waals surface area contributed by atoms with Crippen molar-refractivity contribution in [1.82, 2.24) is 4.98 Å². The van der Waals surface area contributed by atoms with Crippen molar-refractivity contribution in [3.8, 4) is 0 Å². The lowest BCUT2D eigenvalue weighted by atomic mass is 10.1. The summed E-state index contributed by atoms with van der Waals surface area (Å²) in [7, 11) is 0. The van der Waals surface area contributed by atoms with Crippen LogP contribution in [0.15, 0.2) is 71.5 Å². The van der Waals surface area contributed by atoms with Crippen molar-refractivity contribution in [3.63, 3.8) is 0 Å². The van der Waals surface area contributed by atoms with Gasteiger partial charge in [-0.3, -0.25) is 9.98 Å². The molecule has 0 aliphatic carbocycles. The first-order valence-corrected chi connectivity index (χ1v) is 7.78. The maximum Gasteiger partial charge on any atom is 0.0893 e. The van der Waals surface area contributed by atoms with Crippen molar-refractivity contribution in [3.05, 3.63) is 83.3 Å². The molecule has 3 heteroatoms. The summed E-state index contributed by atoms with van der Waals surface area (Å²) in [6.45, 7) is 3.14. The molecule has 0 saturated heterocycles. The number of aromatic nitrogens is 1. The number of hydrogen-bond donors (Lipinski definition) is 0. The fraction of sp³-hybridized carbons (Fsp3) is 0.200. The van der Waals surface area contributed by atoms with Crippen LogP contribution < -0.4 is 0 Å². The third kappa shape index (κ3) is 4.73. The van der Waals surface area contributed by atoms with E-state index in [-0.39, 0.29) is 0 Å². The van der Waals surface area contributed by atoms with Crippen molar-refractivity contribution in [2.45, 2.75) is 20.0 Å². The quantitative estimate of drug-likeness (QED) is 0.795. The molecule has 1 aliphatic heterocycles. The van der Waals surface area contributed by atoms with Gasteiger partial charge < -0.3 is 4.74 Å². The van der Waals surface area contributed by atoms with E-state index in [2.05, 4.69) is 59.4 Å². The van der Waals surface area contributed by atoms with Crippen LogP contribution in [-0.4, -0.2) is 17.3 Å². The van der Waals surface area contributed by atoms with Crippen LogP contribution in [0.1, 0.15) is 23.2 Å². The summed E-state index contributed by atoms with van der Waals surface area (Å²) in [5.41, 5.74) is 5.47. The van der Waals surface area contributed by atoms with E-state index in [1.165, 1.54) is 11.1 Å². The van der Waals surface area contributed by atoms with E-state index in [0.717, 1.165) is 23.5 Å². The van der Waals surface area contributed by atoms with E-state index < -0.39 is 0 Å². The molecular weight excluding hydrogens is 284 g/mol. The standard InChI is InChI=1S/C20H20N2O/c1-16-5-7-17(8-6-16)9-10-18-11-12-20(22-18)15-23-14-19-4-2-3-13-21-19/h2-10,12-13H,11,14-15H2,1H3/b10-9+. The molecule has 2 aromatic rings. The van der Waals surface area contributed by atoms with Crippen LogP contribution in [0.5, 0.6) is 0 Å². The van der Waals surface area contributed by atoms with Crippen LogP contribution in [0.25, 0.3) is 6.08 Å². The topological polar surface area (TPSA) is 34.5 Å². The highest BCUT2D eigenvalue weighted by atomic mass is 16.5. The number of pyridine rings is 1. The Morgan fingerprint density at radius 2 is 1.91 bits per heavy atom. The second-order valence-electron chi connectivity index (χ2n) is 5.56. The van der Waals surface area contributed by atoms with Gasteiger partial charge in [0.1, 0.15) is 0 Å². The van der Waals surface area contributed by atoms with Gasteiger partial charge in [-0.1, -0.05) is 48.0 Å². The van der Waals surface area contributed by atoms with Crippen molar-refractivity contribution >= 4 is 11.8 Å². The molecule has 1 aromatic heterocycles. The first kappa shape index (κ1) is 15.4. The highest BCUT2D eigenvalue weighted by Crippen LogP contribution is 2.14. The molecule has 2 heterocycles. The SMILES string of the molecule is Cc1ccc(/C=C/C2=NC(COCc3ccccn3)=CC2)cc1. The monoisotopic (exact) mass is 304 g/mol. The minimum absolute atomic E-state index is 0.516. The van der Waals surface area contributed by atoms with Gasteiger partial charge in [0.25, 0.3) is 0 Å². The second-order valence-corrected chi connectivity index (χ2v) is 5.56. The van der Waals surface area contributed by atoms with E-state index in [9.17, 15) is 0 Å². The first-order valence-electron chi connectivity index (χ1n) is 7.78. The van der Waals surface area contributed by atoms with Gasteiger partial charge in [-0.15, -0.1) is 0 Å². The average Bonchev–Trinajstić information content (AvgIpc) is 3.03. The Morgan fingerprint density at radius 3 is 2.70 bits per heavy atom. The number of aliphatic imine (C=N–C) groups is 1. The minimum atomic E-state index is 0.516. The molecule has 0 fully saturated rings. The van der Waals surface area contributed by atoms with Gasteiger partial charge in [-0.25, -0.2) is 0 Å². The van der Waals surface area contributed by atoms with Crippen LogP contribution >= 0.6 is 0 Å². The van der Waals surface area contributed by atoms with Gasteiger partial charge >= 0.3 is 0 Å². The van der Waals surface area contributed by atoms with E-state index in [1.807, 2.05) is 18.2 Å². The number of rotatable bonds is 6. The third-order valence-electron chi connectivity index (χ3n) is 3.61. The molecule has 0 atom stereocenters. The molecule has 0 N–H and O–H groups in total. The highest BCUT2D eigenvalue weighted by Gasteiger charge is 2.06. The van der Waals surface area contributed by atoms with Crippen LogP contribution in [-0.2, 0) is 11.3 Å². The largest absolute Gasteiger partial charge is 0.369 e. The molecule has 0 saturated carbocycles. The van der Waals surface area contributed by atoms with E-state index in [4.69, 9.17) is 4.74 Å². The Bertz CT molecular complexity index is 728. The number of benzene rings is 1. The van der Waals surface area contributed by atoms with Crippen LogP contribution in [0.4, 0.5) is 0 Å². The lowest BCUT2D eigenvalue weighted by Gasteiger charge is -2.02. The Morgan fingerprint density at radius 1 is 1.04 bits per heavy atom. The average molecular weight is 304 g/mol. The van der Waals surface area contributed by atoms with Gasteiger partial charge in [-0.05, 0) is 30.7 Å². The Balaban J connectivity index is 1.48. The molecule has 0 spiro atoms. The summed E-state index contributed by atoms with van der Waals surface area (Å²) in [6.07, 6.45) is 8.94. The van der Waals surface area contributed by atoms with Gasteiger partial charge in [0, 0.05) is 18.3 Å². The maximum absolute atomic E-state index is 5.67. The third-order valence-corrected chi connectivity index (χ3v) is 3.61. The molecule has 116 valence electrons. The number of allylic oxidation sites excluding steroid dienone is 2. The van der Waals surface area contributed by atoms with Gasteiger partial charge in [-0.2, -0.15) is 0 Å². The van der Waals surface area contributed by atoms with Gasteiger partial charge in [0.05, 0.1) is 24.6 Å². The molecular formula is C20H20N2O. The molecule has 0 radical (unpaired) electrons. The number of aryl methyl sites for hydroxylation is 1. The molecule has 3 nitrogen and oxygen atoms in total. The van der Waals surface area contributed by atoms with Crippen LogP contribution in [0.2, 0.25) is 0 Å². The summed E-state index contributed by atoms with van der Waals surface area (Å²) in [4.78, 5) is 8.83. The fourth-order valence-electron chi connectivity index (χ4n) is 2.31. The molecule has 0 amide bonds. The van der Waals surface area contributed by atoms with E-state index in [1.54, 1.807) is 6.20 Å². The second kappa shape index (κ2) is 7.65. The number of nitrogens with zero attached hydrogens (tertiary/aromatic N) is 2. The van der Waals surface area contributed by atoms with Gasteiger partial charge in [0.2, 0.25) is 0 Å². The lowest BCUT2D eigenvalue weighted by Crippen LogP contribution is -1.98. The van der Waals surface area contributed by atoms with E-state index in [0.29, 0.717) is 13.2 Å². The molecule has 1 aromatic carbocycles. The maximum atomic E-state index is 5.67. The summed E-state index contributed by atoms with van der Waals surface area (Å²) in [5, 5.41) is 0. The fourth-order valence-corrected chi connectivity index (χ4v) is 2.31. The van der Waals surface area contributed by atoms with Crippen molar-refractivity contribution in [1.29, 1.82) is 0 Å². The summed E-state index contributed by atoms with van der Waals surface area (Å²) < 4.78 is 5.67. The molecule has 0 bridgehead atoms. The molecule has 23 heavy (non-hydrogen) atoms. The van der Waals surface area contributed by atoms with Crippen LogP contribution in [0.3, 0.4) is 0 Å². The molecule has 1 aliphatic rings. The predicted molar refractivity (Wildman–Crippen MR) is 94.2 cm³/mol. The van der Waals surface area contributed by atoms with Crippen molar-refractivity contribution in [2.24, 2.45) is 4.99 Å². The van der Waals surface area contributed by atoms with Crippen molar-refractivity contribution < 1.29 is 4.74 Å². The zero-order valence-electron chi connectivity index (χ0n) is 13.3. The Hall–Kier alpha value is -2.52. The first-order chi connectivity index (χ1) is 11.3.